The average molecular weight is 409 g/mol. The zero-order valence-electron chi connectivity index (χ0n) is 15.4. The highest BCUT2D eigenvalue weighted by Crippen LogP contribution is 2.38. The highest BCUT2D eigenvalue weighted by molar-refractivity contribution is 6.59. The van der Waals surface area contributed by atoms with Crippen LogP contribution in [-0.2, 0) is 11.2 Å². The van der Waals surface area contributed by atoms with Gasteiger partial charge in [0, 0.05) is 6.54 Å². The van der Waals surface area contributed by atoms with E-state index in [4.69, 9.17) is 20.9 Å². The number of rotatable bonds is 6. The van der Waals surface area contributed by atoms with Gasteiger partial charge in [-0.1, -0.05) is 12.4 Å². The fourth-order valence-electron chi connectivity index (χ4n) is 3.24. The molecule has 1 unspecified atom stereocenters. The number of benzene rings is 1. The summed E-state index contributed by atoms with van der Waals surface area (Å²) < 4.78 is 10.8. The summed E-state index contributed by atoms with van der Waals surface area (Å²) in [7, 11) is 0. The van der Waals surface area contributed by atoms with E-state index < -0.39 is 36.8 Å². The van der Waals surface area contributed by atoms with Gasteiger partial charge in [-0.3, -0.25) is 4.79 Å². The van der Waals surface area contributed by atoms with Crippen LogP contribution < -0.4 is 26.2 Å². The first kappa shape index (κ1) is 20.7. The second-order valence-electron chi connectivity index (χ2n) is 7.08. The number of nitrogens with one attached hydrogen (secondary N) is 1. The molecule has 0 saturated carbocycles. The van der Waals surface area contributed by atoms with Crippen LogP contribution >= 0.6 is 0 Å². The number of urea groups is 1. The van der Waals surface area contributed by atoms with E-state index in [1.807, 2.05) is 0 Å². The number of hydrogen-bond donors (Lipinski definition) is 6. The molecule has 13 heteroatoms. The van der Waals surface area contributed by atoms with Gasteiger partial charge in [0.05, 0.1) is 18.8 Å². The van der Waals surface area contributed by atoms with Gasteiger partial charge in [0.25, 0.3) is 0 Å². The average Bonchev–Trinajstić information content (AvgIpc) is 2.60. The lowest BCUT2D eigenvalue weighted by Gasteiger charge is -2.41. The Morgan fingerprint density at radius 1 is 1.34 bits per heavy atom. The maximum absolute atomic E-state index is 12.2. The lowest BCUT2D eigenvalue weighted by atomic mass is 9.70. The third-order valence-corrected chi connectivity index (χ3v) is 4.78. The van der Waals surface area contributed by atoms with Crippen LogP contribution in [0.5, 0.6) is 11.5 Å². The third-order valence-electron chi connectivity index (χ3n) is 4.78. The SMILES string of the molecule is NC(=O)NCC(N)C(=O)N1CC(Oc2ccc3c(c2C(=O)O)O[B-](O)(O)CC3)C1. The number of aromatic carboxylic acids is 1. The van der Waals surface area contributed by atoms with Crippen LogP contribution in [0.1, 0.15) is 15.9 Å². The molecule has 8 N–H and O–H groups in total. The van der Waals surface area contributed by atoms with E-state index in [1.165, 1.54) is 11.0 Å². The van der Waals surface area contributed by atoms with Gasteiger partial charge < -0.3 is 46.2 Å². The first-order valence-corrected chi connectivity index (χ1v) is 9.00. The number of aryl methyl sites for hydroxylation is 1. The van der Waals surface area contributed by atoms with E-state index >= 15 is 0 Å². The molecule has 2 aliphatic rings. The number of nitrogens with two attached hydrogens (primary N) is 2. The van der Waals surface area contributed by atoms with E-state index in [9.17, 15) is 29.5 Å². The number of ether oxygens (including phenoxy) is 1. The molecule has 12 nitrogen and oxygen atoms in total. The van der Waals surface area contributed by atoms with Crippen molar-refractivity contribution >= 4 is 24.7 Å². The van der Waals surface area contributed by atoms with E-state index in [-0.39, 0.29) is 49.4 Å². The minimum atomic E-state index is -3.13. The third kappa shape index (κ3) is 4.53. The molecule has 0 aromatic heterocycles. The minimum absolute atomic E-state index is 0.00143. The van der Waals surface area contributed by atoms with Gasteiger partial charge in [-0.05, 0) is 18.1 Å². The quantitative estimate of drug-likeness (QED) is 0.283. The van der Waals surface area contributed by atoms with Crippen molar-refractivity contribution < 1.29 is 38.9 Å². The molecule has 1 fully saturated rings. The summed E-state index contributed by atoms with van der Waals surface area (Å²) in [6.07, 6.45) is -0.253. The molecule has 0 bridgehead atoms. The van der Waals surface area contributed by atoms with Gasteiger partial charge >= 0.3 is 18.8 Å². The Morgan fingerprint density at radius 2 is 2.03 bits per heavy atom. The van der Waals surface area contributed by atoms with Crippen molar-refractivity contribution in [2.75, 3.05) is 19.6 Å². The van der Waals surface area contributed by atoms with Crippen LogP contribution in [0, 0.1) is 0 Å². The van der Waals surface area contributed by atoms with Crippen molar-refractivity contribution in [3.63, 3.8) is 0 Å². The molecule has 0 spiro atoms. The monoisotopic (exact) mass is 409 g/mol. The summed E-state index contributed by atoms with van der Waals surface area (Å²) in [5, 5.41) is 31.3. The molecule has 1 atom stereocenters. The number of carboxylic acids is 1. The Hall–Kier alpha value is -3.03. The highest BCUT2D eigenvalue weighted by atomic mass is 16.6. The van der Waals surface area contributed by atoms with Gasteiger partial charge in [0.15, 0.2) is 0 Å². The van der Waals surface area contributed by atoms with Crippen LogP contribution in [0.2, 0.25) is 6.32 Å². The van der Waals surface area contributed by atoms with E-state index in [0.717, 1.165) is 0 Å². The van der Waals surface area contributed by atoms with E-state index in [2.05, 4.69) is 5.32 Å². The second-order valence-corrected chi connectivity index (χ2v) is 7.08. The Labute approximate surface area is 165 Å². The predicted octanol–water partition coefficient (Wildman–Crippen LogP) is -2.17. The second kappa shape index (κ2) is 7.77. The molecule has 3 amide bonds. The zero-order chi connectivity index (χ0) is 21.3. The minimum Gasteiger partial charge on any atom is -0.669 e. The molecule has 3 rings (SSSR count). The van der Waals surface area contributed by atoms with Crippen molar-refractivity contribution in [2.24, 2.45) is 11.5 Å². The molecule has 0 radical (unpaired) electrons. The fourth-order valence-corrected chi connectivity index (χ4v) is 3.24. The van der Waals surface area contributed by atoms with E-state index in [0.29, 0.717) is 5.56 Å². The normalized spacial score (nSPS) is 18.7. The topological polar surface area (TPSA) is 198 Å². The molecular weight excluding hydrogens is 387 g/mol. The van der Waals surface area contributed by atoms with Crippen molar-refractivity contribution in [3.05, 3.63) is 23.3 Å². The largest absolute Gasteiger partial charge is 0.669 e. The fraction of sp³-hybridized carbons (Fsp3) is 0.438. The summed E-state index contributed by atoms with van der Waals surface area (Å²) in [6, 6.07) is 1.34. The van der Waals surface area contributed by atoms with Gasteiger partial charge in [-0.2, -0.15) is 0 Å². The number of primary amides is 1. The van der Waals surface area contributed by atoms with Crippen LogP contribution in [0.4, 0.5) is 4.79 Å². The Bertz CT molecular complexity index is 842. The van der Waals surface area contributed by atoms with Crippen LogP contribution in [0.25, 0.3) is 0 Å². The molecule has 1 aromatic carbocycles. The molecule has 2 heterocycles. The summed E-state index contributed by atoms with van der Waals surface area (Å²) in [6.45, 7) is -2.88. The maximum atomic E-state index is 12.2. The summed E-state index contributed by atoms with van der Waals surface area (Å²) in [5.74, 6) is -1.87. The first-order chi connectivity index (χ1) is 13.6. The molecular formula is C16H22BN4O8-. The van der Waals surface area contributed by atoms with Crippen molar-refractivity contribution in [2.45, 2.75) is 24.9 Å². The number of carbonyl (C=O) groups is 3. The van der Waals surface area contributed by atoms with Crippen molar-refractivity contribution in [1.29, 1.82) is 0 Å². The number of fused-ring (bicyclic) bond motifs is 1. The van der Waals surface area contributed by atoms with E-state index in [1.54, 1.807) is 6.07 Å². The van der Waals surface area contributed by atoms with Gasteiger partial charge in [0.2, 0.25) is 5.91 Å². The number of amides is 3. The summed E-state index contributed by atoms with van der Waals surface area (Å²) >= 11 is 0. The number of nitrogens with zero attached hydrogens (tertiary/aromatic N) is 1. The maximum Gasteiger partial charge on any atom is 0.430 e. The standard InChI is InChI=1S/C16H22BN4O8/c18-10(5-20-16(19)25)14(22)21-6-9(7-21)28-11-2-1-8-3-4-17(26,27)29-13(8)12(11)15(23)24/h1-2,9-10,26-27H,3-7,18H2,(H,23,24)(H3,19,20,25)/q-1. The lowest BCUT2D eigenvalue weighted by molar-refractivity contribution is -0.141. The molecule has 158 valence electrons. The number of carboxylic acid groups (broad SMARTS) is 1. The smallest absolute Gasteiger partial charge is 0.430 e. The molecule has 0 aliphatic carbocycles. The molecule has 2 aliphatic heterocycles. The predicted molar refractivity (Wildman–Crippen MR) is 99.3 cm³/mol. The van der Waals surface area contributed by atoms with Gasteiger partial charge in [0.1, 0.15) is 23.5 Å². The number of carbonyl (C=O) groups excluding carboxylic acids is 2. The molecule has 1 saturated heterocycles. The first-order valence-electron chi connectivity index (χ1n) is 9.00. The molecule has 1 aromatic rings. The number of hydrogen-bond acceptors (Lipinski definition) is 8. The Kier molecular flexibility index (Phi) is 5.55. The number of likely N-dealkylation sites (tertiary alicyclic amines) is 1. The van der Waals surface area contributed by atoms with Gasteiger partial charge in [-0.25, -0.2) is 9.59 Å². The van der Waals surface area contributed by atoms with Crippen LogP contribution in [0.3, 0.4) is 0 Å². The zero-order valence-corrected chi connectivity index (χ0v) is 15.4. The summed E-state index contributed by atoms with van der Waals surface area (Å²) in [5.41, 5.74) is 10.9. The Balaban J connectivity index is 1.66. The van der Waals surface area contributed by atoms with Gasteiger partial charge in [-0.15, -0.1) is 0 Å². The molecule has 29 heavy (non-hydrogen) atoms. The van der Waals surface area contributed by atoms with Crippen molar-refractivity contribution in [3.8, 4) is 11.5 Å². The highest BCUT2D eigenvalue weighted by Gasteiger charge is 2.37. The Morgan fingerprint density at radius 3 is 2.66 bits per heavy atom. The lowest BCUT2D eigenvalue weighted by Crippen LogP contribution is -2.61. The van der Waals surface area contributed by atoms with Crippen LogP contribution in [-0.4, -0.2) is 76.5 Å². The van der Waals surface area contributed by atoms with Crippen molar-refractivity contribution in [1.82, 2.24) is 10.2 Å². The summed E-state index contributed by atoms with van der Waals surface area (Å²) in [4.78, 5) is 36.0. The van der Waals surface area contributed by atoms with Crippen LogP contribution in [0.15, 0.2) is 12.1 Å².